The van der Waals surface area contributed by atoms with Crippen LogP contribution in [0.4, 0.5) is 0 Å². The van der Waals surface area contributed by atoms with Gasteiger partial charge < -0.3 is 10.1 Å². The first-order valence-electron chi connectivity index (χ1n) is 6.56. The second-order valence-corrected chi connectivity index (χ2v) is 5.18. The third-order valence-corrected chi connectivity index (χ3v) is 3.08. The fraction of sp³-hybridized carbons (Fsp3) is 0.643. The molecule has 1 heterocycles. The van der Waals surface area contributed by atoms with Crippen molar-refractivity contribution in [2.75, 3.05) is 6.54 Å². The van der Waals surface area contributed by atoms with Crippen LogP contribution in [0.2, 0.25) is 0 Å². The van der Waals surface area contributed by atoms with E-state index in [1.807, 2.05) is 18.5 Å². The molecular weight excluding hydrogens is 212 g/mol. The lowest BCUT2D eigenvalue weighted by Crippen LogP contribution is -2.26. The Kier molecular flexibility index (Phi) is 4.37. The quantitative estimate of drug-likeness (QED) is 0.822. The molecule has 0 bridgehead atoms. The molecule has 0 amide bonds. The molecule has 0 radical (unpaired) electrons. The van der Waals surface area contributed by atoms with Crippen molar-refractivity contribution >= 4 is 0 Å². The van der Waals surface area contributed by atoms with Crippen molar-refractivity contribution in [3.8, 4) is 5.75 Å². The van der Waals surface area contributed by atoms with Crippen LogP contribution in [0.15, 0.2) is 18.5 Å². The van der Waals surface area contributed by atoms with Crippen LogP contribution in [0.1, 0.15) is 38.7 Å². The van der Waals surface area contributed by atoms with Crippen LogP contribution in [0.5, 0.6) is 5.75 Å². The maximum Gasteiger partial charge on any atom is 0.142 e. The maximum absolute atomic E-state index is 5.94. The molecule has 1 saturated carbocycles. The maximum atomic E-state index is 5.94. The van der Waals surface area contributed by atoms with Gasteiger partial charge >= 0.3 is 0 Å². The van der Waals surface area contributed by atoms with E-state index < -0.39 is 0 Å². The van der Waals surface area contributed by atoms with E-state index in [-0.39, 0.29) is 0 Å². The van der Waals surface area contributed by atoms with Crippen LogP contribution in [-0.2, 0) is 6.54 Å². The van der Waals surface area contributed by atoms with Crippen molar-refractivity contribution in [1.82, 2.24) is 10.3 Å². The molecule has 94 valence electrons. The summed E-state index contributed by atoms with van der Waals surface area (Å²) < 4.78 is 5.94. The molecule has 0 aliphatic heterocycles. The van der Waals surface area contributed by atoms with Crippen LogP contribution in [0.25, 0.3) is 0 Å². The van der Waals surface area contributed by atoms with Crippen LogP contribution >= 0.6 is 0 Å². The second kappa shape index (κ2) is 6.01. The monoisotopic (exact) mass is 234 g/mol. The molecular formula is C14H22N2O. The number of hydrogen-bond acceptors (Lipinski definition) is 3. The summed E-state index contributed by atoms with van der Waals surface area (Å²) in [5.41, 5.74) is 1.22. The Hall–Kier alpha value is -1.09. The molecule has 1 aromatic rings. The van der Waals surface area contributed by atoms with Crippen molar-refractivity contribution in [1.29, 1.82) is 0 Å². The Morgan fingerprint density at radius 1 is 1.47 bits per heavy atom. The summed E-state index contributed by atoms with van der Waals surface area (Å²) in [5.74, 6) is 1.63. The van der Waals surface area contributed by atoms with E-state index in [2.05, 4.69) is 24.1 Å². The van der Waals surface area contributed by atoms with Gasteiger partial charge in [-0.25, -0.2) is 0 Å². The van der Waals surface area contributed by atoms with E-state index >= 15 is 0 Å². The number of nitrogens with zero attached hydrogens (tertiary/aromatic N) is 1. The highest BCUT2D eigenvalue weighted by Crippen LogP contribution is 2.26. The largest absolute Gasteiger partial charge is 0.488 e. The van der Waals surface area contributed by atoms with Crippen molar-refractivity contribution in [2.45, 2.75) is 45.8 Å². The van der Waals surface area contributed by atoms with Crippen molar-refractivity contribution in [3.63, 3.8) is 0 Å². The molecule has 3 nitrogen and oxygen atoms in total. The van der Waals surface area contributed by atoms with Gasteiger partial charge in [-0.2, -0.15) is 0 Å². The van der Waals surface area contributed by atoms with Gasteiger partial charge in [0.05, 0.1) is 12.3 Å². The van der Waals surface area contributed by atoms with Gasteiger partial charge in [0.15, 0.2) is 0 Å². The van der Waals surface area contributed by atoms with Gasteiger partial charge in [0.25, 0.3) is 0 Å². The van der Waals surface area contributed by atoms with Crippen LogP contribution in [-0.4, -0.2) is 17.6 Å². The molecule has 1 aliphatic carbocycles. The summed E-state index contributed by atoms with van der Waals surface area (Å²) in [6.45, 7) is 6.32. The van der Waals surface area contributed by atoms with Gasteiger partial charge in [-0.3, -0.25) is 4.98 Å². The summed E-state index contributed by atoms with van der Waals surface area (Å²) in [5, 5.41) is 3.44. The second-order valence-electron chi connectivity index (χ2n) is 5.18. The number of ether oxygens (including phenoxy) is 1. The molecule has 1 aliphatic rings. The zero-order valence-electron chi connectivity index (χ0n) is 10.8. The van der Waals surface area contributed by atoms with Gasteiger partial charge in [0.2, 0.25) is 0 Å². The average molecular weight is 234 g/mol. The SMILES string of the molecule is CC(C)CNCc1ccncc1OC1CCC1. The third-order valence-electron chi connectivity index (χ3n) is 3.08. The fourth-order valence-corrected chi connectivity index (χ4v) is 1.82. The molecule has 0 unspecified atom stereocenters. The van der Waals surface area contributed by atoms with E-state index in [0.29, 0.717) is 12.0 Å². The van der Waals surface area contributed by atoms with Crippen molar-refractivity contribution in [3.05, 3.63) is 24.0 Å². The van der Waals surface area contributed by atoms with Crippen LogP contribution in [0.3, 0.4) is 0 Å². The van der Waals surface area contributed by atoms with E-state index in [1.165, 1.54) is 24.8 Å². The molecule has 0 atom stereocenters. The first-order chi connectivity index (χ1) is 8.25. The number of aromatic nitrogens is 1. The molecule has 3 heteroatoms. The molecule has 0 aromatic carbocycles. The number of hydrogen-bond donors (Lipinski definition) is 1. The van der Waals surface area contributed by atoms with Crippen molar-refractivity contribution in [2.24, 2.45) is 5.92 Å². The molecule has 17 heavy (non-hydrogen) atoms. The molecule has 0 saturated heterocycles. The Morgan fingerprint density at radius 3 is 2.94 bits per heavy atom. The molecule has 1 N–H and O–H groups in total. The lowest BCUT2D eigenvalue weighted by Gasteiger charge is -2.27. The predicted molar refractivity (Wildman–Crippen MR) is 69.0 cm³/mol. The summed E-state index contributed by atoms with van der Waals surface area (Å²) in [6, 6.07) is 2.04. The highest BCUT2D eigenvalue weighted by atomic mass is 16.5. The lowest BCUT2D eigenvalue weighted by atomic mass is 9.96. The smallest absolute Gasteiger partial charge is 0.142 e. The topological polar surface area (TPSA) is 34.2 Å². The van der Waals surface area contributed by atoms with Crippen LogP contribution < -0.4 is 10.1 Å². The van der Waals surface area contributed by atoms with Gasteiger partial charge in [-0.1, -0.05) is 13.8 Å². The number of nitrogens with one attached hydrogen (secondary N) is 1. The standard InChI is InChI=1S/C14H22N2O/c1-11(2)8-16-9-12-6-7-15-10-14(12)17-13-4-3-5-13/h6-7,10-11,13,16H,3-5,8-9H2,1-2H3. The zero-order valence-corrected chi connectivity index (χ0v) is 10.8. The Morgan fingerprint density at radius 2 is 2.29 bits per heavy atom. The first kappa shape index (κ1) is 12.4. The van der Waals surface area contributed by atoms with Crippen LogP contribution in [0, 0.1) is 5.92 Å². The minimum atomic E-state index is 0.419. The summed E-state index contributed by atoms with van der Waals surface area (Å²) in [7, 11) is 0. The molecule has 1 aromatic heterocycles. The van der Waals surface area contributed by atoms with Gasteiger partial charge in [0, 0.05) is 18.3 Å². The number of pyridine rings is 1. The fourth-order valence-electron chi connectivity index (χ4n) is 1.82. The first-order valence-corrected chi connectivity index (χ1v) is 6.56. The minimum Gasteiger partial charge on any atom is -0.488 e. The Bertz CT molecular complexity index is 348. The highest BCUT2D eigenvalue weighted by Gasteiger charge is 2.20. The van der Waals surface area contributed by atoms with E-state index in [0.717, 1.165) is 18.8 Å². The van der Waals surface area contributed by atoms with E-state index in [1.54, 1.807) is 0 Å². The van der Waals surface area contributed by atoms with Gasteiger partial charge in [-0.05, 0) is 37.8 Å². The summed E-state index contributed by atoms with van der Waals surface area (Å²) in [6.07, 6.45) is 7.76. The average Bonchev–Trinajstić information content (AvgIpc) is 2.25. The minimum absolute atomic E-state index is 0.419. The van der Waals surface area contributed by atoms with Crippen molar-refractivity contribution < 1.29 is 4.74 Å². The summed E-state index contributed by atoms with van der Waals surface area (Å²) in [4.78, 5) is 4.15. The summed E-state index contributed by atoms with van der Waals surface area (Å²) >= 11 is 0. The predicted octanol–water partition coefficient (Wildman–Crippen LogP) is 2.76. The van der Waals surface area contributed by atoms with E-state index in [9.17, 15) is 0 Å². The van der Waals surface area contributed by atoms with Gasteiger partial charge in [-0.15, -0.1) is 0 Å². The van der Waals surface area contributed by atoms with E-state index in [4.69, 9.17) is 4.74 Å². The normalized spacial score (nSPS) is 15.9. The highest BCUT2D eigenvalue weighted by molar-refractivity contribution is 5.30. The Labute approximate surface area is 104 Å². The zero-order chi connectivity index (χ0) is 12.1. The Balaban J connectivity index is 1.90. The third kappa shape index (κ3) is 3.70. The lowest BCUT2D eigenvalue weighted by molar-refractivity contribution is 0.118. The van der Waals surface area contributed by atoms with Gasteiger partial charge in [0.1, 0.15) is 5.75 Å². The molecule has 2 rings (SSSR count). The molecule has 0 spiro atoms. The number of rotatable bonds is 6. The molecule has 1 fully saturated rings.